The highest BCUT2D eigenvalue weighted by molar-refractivity contribution is 6.04. The molecule has 0 saturated heterocycles. The van der Waals surface area contributed by atoms with Gasteiger partial charge in [-0.1, -0.05) is 20.4 Å². The second-order valence-electron chi connectivity index (χ2n) is 5.97. The summed E-state index contributed by atoms with van der Waals surface area (Å²) < 4.78 is 10.3. The average molecular weight is 321 g/mol. The first kappa shape index (κ1) is 18.9. The average Bonchev–Trinajstić information content (AvgIpc) is 2.83. The molecule has 23 heavy (non-hydrogen) atoms. The quantitative estimate of drug-likeness (QED) is 0.568. The monoisotopic (exact) mass is 321 g/mol. The maximum absolute atomic E-state index is 12.4. The molecule has 2 unspecified atom stereocenters. The van der Waals surface area contributed by atoms with Gasteiger partial charge in [-0.2, -0.15) is 5.26 Å². The van der Waals surface area contributed by atoms with Gasteiger partial charge in [-0.15, -0.1) is 0 Å². The molecule has 0 saturated carbocycles. The fourth-order valence-electron chi connectivity index (χ4n) is 3.02. The van der Waals surface area contributed by atoms with Gasteiger partial charge in [0.1, 0.15) is 11.2 Å². The van der Waals surface area contributed by atoms with Gasteiger partial charge in [-0.05, 0) is 18.8 Å². The standard InChI is InChI=1S/C17H23NO5/c1-10(2)14-13(20)8-17(15(14)22-4,16(21)23-5)7-6-12(19)11(3)9-18/h10,12,19H,3,6-8H2,1-2,4-5H3. The van der Waals surface area contributed by atoms with Crippen LogP contribution < -0.4 is 0 Å². The Hall–Kier alpha value is -2.13. The lowest BCUT2D eigenvalue weighted by molar-refractivity contribution is -0.154. The van der Waals surface area contributed by atoms with Crippen LogP contribution in [0.2, 0.25) is 0 Å². The van der Waals surface area contributed by atoms with E-state index in [4.69, 9.17) is 14.7 Å². The van der Waals surface area contributed by atoms with Crippen LogP contribution in [0.4, 0.5) is 0 Å². The Balaban J connectivity index is 3.25. The van der Waals surface area contributed by atoms with Crippen molar-refractivity contribution < 1.29 is 24.2 Å². The third-order valence-electron chi connectivity index (χ3n) is 4.19. The Morgan fingerprint density at radius 2 is 2.09 bits per heavy atom. The molecule has 1 aliphatic rings. The van der Waals surface area contributed by atoms with Crippen LogP contribution in [0, 0.1) is 22.7 Å². The first-order valence-electron chi connectivity index (χ1n) is 7.42. The molecular weight excluding hydrogens is 298 g/mol. The number of methoxy groups -OCH3 is 2. The van der Waals surface area contributed by atoms with Crippen LogP contribution in [0.1, 0.15) is 33.1 Å². The Kier molecular flexibility index (Phi) is 6.11. The van der Waals surface area contributed by atoms with Crippen LogP contribution in [-0.4, -0.2) is 37.2 Å². The number of nitriles is 1. The number of Topliss-reactive ketones (excluding diaryl/α,β-unsaturated/α-hetero) is 1. The molecule has 0 heterocycles. The van der Waals surface area contributed by atoms with Crippen molar-refractivity contribution in [3.8, 4) is 6.07 Å². The number of carbonyl (C=O) groups excluding carboxylic acids is 2. The SMILES string of the molecule is C=C(C#N)C(O)CCC1(C(=O)OC)CC(=O)C(C(C)C)=C1OC. The van der Waals surface area contributed by atoms with Gasteiger partial charge in [0.05, 0.1) is 32.0 Å². The van der Waals surface area contributed by atoms with E-state index in [1.807, 2.05) is 13.8 Å². The molecule has 0 fully saturated rings. The van der Waals surface area contributed by atoms with Gasteiger partial charge in [0.25, 0.3) is 0 Å². The summed E-state index contributed by atoms with van der Waals surface area (Å²) in [4.78, 5) is 24.8. The molecule has 0 bridgehead atoms. The van der Waals surface area contributed by atoms with Gasteiger partial charge in [-0.3, -0.25) is 9.59 Å². The molecule has 0 aromatic heterocycles. The van der Waals surface area contributed by atoms with E-state index in [9.17, 15) is 14.7 Å². The number of rotatable bonds is 7. The molecule has 1 N–H and O–H groups in total. The summed E-state index contributed by atoms with van der Waals surface area (Å²) in [6.45, 7) is 7.17. The highest BCUT2D eigenvalue weighted by Crippen LogP contribution is 2.48. The number of esters is 1. The highest BCUT2D eigenvalue weighted by atomic mass is 16.5. The normalized spacial score (nSPS) is 22.0. The van der Waals surface area contributed by atoms with Crippen molar-refractivity contribution in [2.75, 3.05) is 14.2 Å². The number of nitrogens with zero attached hydrogens (tertiary/aromatic N) is 1. The third-order valence-corrected chi connectivity index (χ3v) is 4.19. The van der Waals surface area contributed by atoms with Crippen molar-refractivity contribution in [3.63, 3.8) is 0 Å². The van der Waals surface area contributed by atoms with Crippen LogP contribution in [0.3, 0.4) is 0 Å². The van der Waals surface area contributed by atoms with Gasteiger partial charge in [-0.25, -0.2) is 0 Å². The van der Waals surface area contributed by atoms with Crippen molar-refractivity contribution >= 4 is 11.8 Å². The summed E-state index contributed by atoms with van der Waals surface area (Å²) in [5, 5.41) is 18.7. The van der Waals surface area contributed by atoms with Crippen molar-refractivity contribution in [1.29, 1.82) is 5.26 Å². The molecule has 0 radical (unpaired) electrons. The lowest BCUT2D eigenvalue weighted by Crippen LogP contribution is -2.35. The largest absolute Gasteiger partial charge is 0.499 e. The first-order chi connectivity index (χ1) is 10.7. The molecule has 126 valence electrons. The Labute approximate surface area is 136 Å². The smallest absolute Gasteiger partial charge is 0.319 e. The zero-order valence-electron chi connectivity index (χ0n) is 14.0. The van der Waals surface area contributed by atoms with Crippen molar-refractivity contribution in [2.45, 2.75) is 39.2 Å². The minimum Gasteiger partial charge on any atom is -0.499 e. The number of carbonyl (C=O) groups is 2. The Morgan fingerprint density at radius 3 is 2.52 bits per heavy atom. The van der Waals surface area contributed by atoms with Crippen LogP contribution in [-0.2, 0) is 19.1 Å². The Morgan fingerprint density at radius 1 is 1.48 bits per heavy atom. The van der Waals surface area contributed by atoms with E-state index in [1.54, 1.807) is 6.07 Å². The molecule has 2 atom stereocenters. The fraction of sp³-hybridized carbons (Fsp3) is 0.588. The second-order valence-corrected chi connectivity index (χ2v) is 5.97. The molecule has 6 nitrogen and oxygen atoms in total. The van der Waals surface area contributed by atoms with E-state index in [0.29, 0.717) is 11.3 Å². The molecule has 0 aromatic rings. The summed E-state index contributed by atoms with van der Waals surface area (Å²) in [5.41, 5.74) is -0.760. The van der Waals surface area contributed by atoms with Crippen molar-refractivity contribution in [3.05, 3.63) is 23.5 Å². The van der Waals surface area contributed by atoms with Crippen LogP contribution in [0.25, 0.3) is 0 Å². The van der Waals surface area contributed by atoms with Crippen LogP contribution >= 0.6 is 0 Å². The number of aliphatic hydroxyl groups excluding tert-OH is 1. The summed E-state index contributed by atoms with van der Waals surface area (Å²) in [5.74, 6) is -0.522. The van der Waals surface area contributed by atoms with E-state index >= 15 is 0 Å². The van der Waals surface area contributed by atoms with E-state index in [0.717, 1.165) is 0 Å². The van der Waals surface area contributed by atoms with Gasteiger partial charge in [0, 0.05) is 12.0 Å². The predicted octanol–water partition coefficient (Wildman–Crippen LogP) is 1.90. The maximum Gasteiger partial charge on any atom is 0.319 e. The summed E-state index contributed by atoms with van der Waals surface area (Å²) in [6.07, 6.45) is -0.889. The predicted molar refractivity (Wildman–Crippen MR) is 82.9 cm³/mol. The van der Waals surface area contributed by atoms with Gasteiger partial charge in [0.2, 0.25) is 0 Å². The van der Waals surface area contributed by atoms with E-state index in [1.165, 1.54) is 14.2 Å². The zero-order chi connectivity index (χ0) is 17.8. The number of hydrogen-bond acceptors (Lipinski definition) is 6. The van der Waals surface area contributed by atoms with Crippen molar-refractivity contribution in [2.24, 2.45) is 11.3 Å². The minimum absolute atomic E-state index is 0.0152. The molecule has 0 amide bonds. The number of allylic oxidation sites excluding steroid dienone is 1. The van der Waals surface area contributed by atoms with Gasteiger partial charge in [0.15, 0.2) is 5.78 Å². The number of aliphatic hydroxyl groups is 1. The van der Waals surface area contributed by atoms with Crippen molar-refractivity contribution in [1.82, 2.24) is 0 Å². The molecule has 6 heteroatoms. The second kappa shape index (κ2) is 7.42. The van der Waals surface area contributed by atoms with E-state index in [-0.39, 0.29) is 36.5 Å². The number of hydrogen-bond donors (Lipinski definition) is 1. The van der Waals surface area contributed by atoms with Gasteiger partial charge >= 0.3 is 5.97 Å². The van der Waals surface area contributed by atoms with Crippen LogP contribution in [0.15, 0.2) is 23.5 Å². The number of ether oxygens (including phenoxy) is 2. The minimum atomic E-state index is -1.25. The fourth-order valence-corrected chi connectivity index (χ4v) is 3.02. The summed E-state index contributed by atoms with van der Waals surface area (Å²) in [6, 6.07) is 1.79. The summed E-state index contributed by atoms with van der Waals surface area (Å²) in [7, 11) is 2.67. The van der Waals surface area contributed by atoms with Gasteiger partial charge < -0.3 is 14.6 Å². The molecule has 0 aromatic carbocycles. The first-order valence-corrected chi connectivity index (χ1v) is 7.42. The zero-order valence-corrected chi connectivity index (χ0v) is 14.0. The maximum atomic E-state index is 12.4. The topological polar surface area (TPSA) is 96.6 Å². The highest BCUT2D eigenvalue weighted by Gasteiger charge is 2.53. The summed E-state index contributed by atoms with van der Waals surface area (Å²) >= 11 is 0. The van der Waals surface area contributed by atoms with Crippen LogP contribution in [0.5, 0.6) is 0 Å². The lowest BCUT2D eigenvalue weighted by Gasteiger charge is -2.29. The van der Waals surface area contributed by atoms with E-state index < -0.39 is 17.5 Å². The molecule has 1 aliphatic carbocycles. The van der Waals surface area contributed by atoms with E-state index in [2.05, 4.69) is 6.58 Å². The Bertz CT molecular complexity index is 584. The lowest BCUT2D eigenvalue weighted by atomic mass is 9.79. The molecule has 0 aliphatic heterocycles. The third kappa shape index (κ3) is 3.45. The molecule has 0 spiro atoms. The number of ketones is 1. The molecule has 1 rings (SSSR count). The molecular formula is C17H23NO5.